The molecule has 0 saturated carbocycles. The zero-order valence-electron chi connectivity index (χ0n) is 9.30. The number of nitrogens with two attached hydrogens (primary N) is 1. The maximum atomic E-state index is 5.46. The smallest absolute Gasteiger partial charge is 0.00424 e. The van der Waals surface area contributed by atoms with E-state index >= 15 is 0 Å². The Hall–Kier alpha value is -1.08. The largest absolute Gasteiger partial charge is 0.330 e. The fourth-order valence-electron chi connectivity index (χ4n) is 1.40. The van der Waals surface area contributed by atoms with Gasteiger partial charge in [-0.2, -0.15) is 0 Å². The molecule has 0 bridgehead atoms. The van der Waals surface area contributed by atoms with Crippen molar-refractivity contribution in [3.63, 3.8) is 0 Å². The van der Waals surface area contributed by atoms with Crippen molar-refractivity contribution in [3.8, 4) is 0 Å². The quantitative estimate of drug-likeness (QED) is 0.777. The van der Waals surface area contributed by atoms with Crippen LogP contribution in [0.1, 0.15) is 30.0 Å². The summed E-state index contributed by atoms with van der Waals surface area (Å²) in [6.45, 7) is 7.15. The van der Waals surface area contributed by atoms with E-state index in [9.17, 15) is 0 Å². The van der Waals surface area contributed by atoms with E-state index < -0.39 is 0 Å². The third-order valence-corrected chi connectivity index (χ3v) is 2.58. The standard InChI is InChI=1S/C13H19N/c1-10-6-7-13(9-12(10)3)11(2)5-4-8-14/h5-7,9H,4,8,14H2,1-3H3. The van der Waals surface area contributed by atoms with Gasteiger partial charge < -0.3 is 5.73 Å². The summed E-state index contributed by atoms with van der Waals surface area (Å²) in [7, 11) is 0. The Balaban J connectivity index is 2.91. The Morgan fingerprint density at radius 1 is 1.29 bits per heavy atom. The summed E-state index contributed by atoms with van der Waals surface area (Å²) in [5, 5.41) is 0. The van der Waals surface area contributed by atoms with Crippen LogP contribution in [0.15, 0.2) is 24.3 Å². The van der Waals surface area contributed by atoms with Crippen molar-refractivity contribution in [2.24, 2.45) is 5.73 Å². The molecule has 0 heterocycles. The molecule has 0 aliphatic rings. The van der Waals surface area contributed by atoms with Gasteiger partial charge in [-0.05, 0) is 56.0 Å². The second-order valence-electron chi connectivity index (χ2n) is 3.76. The van der Waals surface area contributed by atoms with Gasteiger partial charge in [0.05, 0.1) is 0 Å². The van der Waals surface area contributed by atoms with Crippen LogP contribution in [0.2, 0.25) is 0 Å². The van der Waals surface area contributed by atoms with Crippen LogP contribution < -0.4 is 5.73 Å². The topological polar surface area (TPSA) is 26.0 Å². The molecule has 1 heteroatoms. The van der Waals surface area contributed by atoms with Crippen molar-refractivity contribution in [2.75, 3.05) is 6.54 Å². The SMILES string of the molecule is CC(=CCCN)c1ccc(C)c(C)c1. The molecule has 0 atom stereocenters. The summed E-state index contributed by atoms with van der Waals surface area (Å²) in [5.74, 6) is 0. The second-order valence-corrected chi connectivity index (χ2v) is 3.76. The summed E-state index contributed by atoms with van der Waals surface area (Å²) in [5.41, 5.74) is 10.8. The van der Waals surface area contributed by atoms with Gasteiger partial charge in [0.2, 0.25) is 0 Å². The third kappa shape index (κ3) is 2.71. The van der Waals surface area contributed by atoms with Gasteiger partial charge in [0.25, 0.3) is 0 Å². The van der Waals surface area contributed by atoms with Crippen LogP contribution in [-0.4, -0.2) is 6.54 Å². The lowest BCUT2D eigenvalue weighted by Gasteiger charge is -2.05. The average Bonchev–Trinajstić information content (AvgIpc) is 2.18. The highest BCUT2D eigenvalue weighted by Gasteiger charge is 1.97. The van der Waals surface area contributed by atoms with Crippen LogP contribution in [0, 0.1) is 13.8 Å². The zero-order valence-corrected chi connectivity index (χ0v) is 9.30. The van der Waals surface area contributed by atoms with Gasteiger partial charge in [-0.3, -0.25) is 0 Å². The molecule has 1 aromatic rings. The molecule has 0 fully saturated rings. The first-order valence-corrected chi connectivity index (χ1v) is 5.09. The molecule has 1 rings (SSSR count). The first kappa shape index (κ1) is 11.0. The molecule has 14 heavy (non-hydrogen) atoms. The van der Waals surface area contributed by atoms with E-state index in [0.29, 0.717) is 0 Å². The minimum atomic E-state index is 0.724. The Labute approximate surface area is 86.6 Å². The van der Waals surface area contributed by atoms with Crippen molar-refractivity contribution >= 4 is 5.57 Å². The first-order chi connectivity index (χ1) is 6.65. The summed E-state index contributed by atoms with van der Waals surface area (Å²) >= 11 is 0. The lowest BCUT2D eigenvalue weighted by atomic mass is 10.0. The molecule has 0 aliphatic heterocycles. The highest BCUT2D eigenvalue weighted by molar-refractivity contribution is 5.64. The predicted molar refractivity (Wildman–Crippen MR) is 63.2 cm³/mol. The molecule has 1 nitrogen and oxygen atoms in total. The van der Waals surface area contributed by atoms with Gasteiger partial charge >= 0.3 is 0 Å². The van der Waals surface area contributed by atoms with E-state index in [1.54, 1.807) is 0 Å². The Morgan fingerprint density at radius 3 is 2.57 bits per heavy atom. The van der Waals surface area contributed by atoms with E-state index in [2.05, 4.69) is 45.0 Å². The molecule has 1 aromatic carbocycles. The average molecular weight is 189 g/mol. The molecule has 0 unspecified atom stereocenters. The lowest BCUT2D eigenvalue weighted by molar-refractivity contribution is 1.01. The van der Waals surface area contributed by atoms with Gasteiger partial charge in [-0.15, -0.1) is 0 Å². The van der Waals surface area contributed by atoms with Crippen LogP contribution in [-0.2, 0) is 0 Å². The Kier molecular flexibility index (Phi) is 3.90. The summed E-state index contributed by atoms with van der Waals surface area (Å²) in [6, 6.07) is 6.58. The Bertz CT molecular complexity index is 337. The minimum absolute atomic E-state index is 0.724. The molecule has 0 saturated heterocycles. The highest BCUT2D eigenvalue weighted by Crippen LogP contribution is 2.17. The van der Waals surface area contributed by atoms with Crippen LogP contribution in [0.25, 0.3) is 5.57 Å². The zero-order chi connectivity index (χ0) is 10.6. The van der Waals surface area contributed by atoms with Crippen LogP contribution in [0.5, 0.6) is 0 Å². The number of hydrogen-bond acceptors (Lipinski definition) is 1. The maximum Gasteiger partial charge on any atom is -0.00424 e. The summed E-state index contributed by atoms with van der Waals surface area (Å²) < 4.78 is 0. The minimum Gasteiger partial charge on any atom is -0.330 e. The Morgan fingerprint density at radius 2 is 2.00 bits per heavy atom. The van der Waals surface area contributed by atoms with Gasteiger partial charge in [0.1, 0.15) is 0 Å². The molecule has 0 aliphatic carbocycles. The highest BCUT2D eigenvalue weighted by atomic mass is 14.5. The van der Waals surface area contributed by atoms with Crippen molar-refractivity contribution in [2.45, 2.75) is 27.2 Å². The predicted octanol–water partition coefficient (Wildman–Crippen LogP) is 3.06. The number of allylic oxidation sites excluding steroid dienone is 1. The van der Waals surface area contributed by atoms with Crippen molar-refractivity contribution in [3.05, 3.63) is 41.0 Å². The monoisotopic (exact) mass is 189 g/mol. The van der Waals surface area contributed by atoms with Crippen molar-refractivity contribution in [1.82, 2.24) is 0 Å². The molecule has 76 valence electrons. The third-order valence-electron chi connectivity index (χ3n) is 2.58. The molecule has 2 N–H and O–H groups in total. The second kappa shape index (κ2) is 4.97. The molecule has 0 radical (unpaired) electrons. The van der Waals surface area contributed by atoms with Crippen molar-refractivity contribution in [1.29, 1.82) is 0 Å². The first-order valence-electron chi connectivity index (χ1n) is 5.09. The van der Waals surface area contributed by atoms with Gasteiger partial charge in [-0.1, -0.05) is 24.3 Å². The lowest BCUT2D eigenvalue weighted by Crippen LogP contribution is -1.96. The van der Waals surface area contributed by atoms with Gasteiger partial charge in [0, 0.05) is 0 Å². The van der Waals surface area contributed by atoms with E-state index in [-0.39, 0.29) is 0 Å². The van der Waals surface area contributed by atoms with E-state index in [1.165, 1.54) is 22.3 Å². The summed E-state index contributed by atoms with van der Waals surface area (Å²) in [6.07, 6.45) is 3.16. The fourth-order valence-corrected chi connectivity index (χ4v) is 1.40. The van der Waals surface area contributed by atoms with Crippen LogP contribution >= 0.6 is 0 Å². The fraction of sp³-hybridized carbons (Fsp3) is 0.385. The number of hydrogen-bond donors (Lipinski definition) is 1. The molecular weight excluding hydrogens is 170 g/mol. The molecule has 0 amide bonds. The molecular formula is C13H19N. The van der Waals surface area contributed by atoms with Crippen molar-refractivity contribution < 1.29 is 0 Å². The summed E-state index contributed by atoms with van der Waals surface area (Å²) in [4.78, 5) is 0. The number of aryl methyl sites for hydroxylation is 2. The number of rotatable bonds is 3. The molecule has 0 spiro atoms. The normalized spacial score (nSPS) is 11.9. The van der Waals surface area contributed by atoms with Crippen LogP contribution in [0.3, 0.4) is 0 Å². The maximum absolute atomic E-state index is 5.46. The van der Waals surface area contributed by atoms with Gasteiger partial charge in [-0.25, -0.2) is 0 Å². The van der Waals surface area contributed by atoms with Gasteiger partial charge in [0.15, 0.2) is 0 Å². The number of benzene rings is 1. The van der Waals surface area contributed by atoms with E-state index in [4.69, 9.17) is 5.73 Å². The molecule has 0 aromatic heterocycles. The van der Waals surface area contributed by atoms with E-state index in [0.717, 1.165) is 13.0 Å². The van der Waals surface area contributed by atoms with E-state index in [1.807, 2.05) is 0 Å². The van der Waals surface area contributed by atoms with Crippen LogP contribution in [0.4, 0.5) is 0 Å².